The maximum atomic E-state index is 12.8. The Balaban J connectivity index is 2.05. The zero-order chi connectivity index (χ0) is 18.6. The van der Waals surface area contributed by atoms with Crippen LogP contribution in [0.1, 0.15) is 11.1 Å². The Kier molecular flexibility index (Phi) is 5.54. The van der Waals surface area contributed by atoms with Gasteiger partial charge in [-0.1, -0.05) is 53.6 Å². The molecule has 0 amide bonds. The lowest BCUT2D eigenvalue weighted by molar-refractivity contribution is 0.598. The van der Waals surface area contributed by atoms with Crippen LogP contribution in [0.15, 0.2) is 92.4 Å². The summed E-state index contributed by atoms with van der Waals surface area (Å²) in [6, 6.07) is 23.9. The van der Waals surface area contributed by atoms with Gasteiger partial charge in [-0.15, -0.1) is 3.77 Å². The zero-order valence-electron chi connectivity index (χ0n) is 14.6. The minimum Gasteiger partial charge on any atom is -0.317 e. The highest BCUT2D eigenvalue weighted by Gasteiger charge is 2.15. The van der Waals surface area contributed by atoms with E-state index in [1.807, 2.05) is 68.4 Å². The summed E-state index contributed by atoms with van der Waals surface area (Å²) in [5.41, 5.74) is 2.93. The van der Waals surface area contributed by atoms with Crippen LogP contribution >= 0.6 is 0 Å². The average Bonchev–Trinajstić information content (AvgIpc) is 2.63. The van der Waals surface area contributed by atoms with Gasteiger partial charge in [0.05, 0.1) is 4.90 Å². The van der Waals surface area contributed by atoms with Crippen LogP contribution in [0.25, 0.3) is 0 Å². The van der Waals surface area contributed by atoms with Gasteiger partial charge >= 0.3 is 0 Å². The number of nitrogens with zero attached hydrogens (tertiary/aromatic N) is 1. The van der Waals surface area contributed by atoms with Gasteiger partial charge in [-0.2, -0.15) is 8.42 Å². The molecule has 1 atom stereocenters. The molecule has 0 aliphatic heterocycles. The van der Waals surface area contributed by atoms with E-state index < -0.39 is 20.9 Å². The van der Waals surface area contributed by atoms with Crippen LogP contribution in [-0.4, -0.2) is 8.42 Å². The third-order valence-electron chi connectivity index (χ3n) is 3.72. The van der Waals surface area contributed by atoms with Crippen molar-refractivity contribution >= 4 is 26.6 Å². The van der Waals surface area contributed by atoms with E-state index in [1.165, 1.54) is 0 Å². The molecule has 0 saturated carbocycles. The number of hydrogen-bond acceptors (Lipinski definition) is 2. The lowest BCUT2D eigenvalue weighted by Crippen LogP contribution is -2.08. The molecule has 6 heteroatoms. The highest BCUT2D eigenvalue weighted by Crippen LogP contribution is 2.20. The first-order valence-electron chi connectivity index (χ1n) is 8.11. The molecule has 134 valence electrons. The number of rotatable bonds is 5. The molecule has 26 heavy (non-hydrogen) atoms. The van der Waals surface area contributed by atoms with Crippen molar-refractivity contribution in [3.8, 4) is 0 Å². The van der Waals surface area contributed by atoms with Crippen molar-refractivity contribution < 1.29 is 8.42 Å². The fourth-order valence-electron chi connectivity index (χ4n) is 2.26. The lowest BCUT2D eigenvalue weighted by atomic mass is 10.2. The molecule has 1 N–H and O–H groups in total. The molecule has 0 unspecified atom stereocenters. The van der Waals surface area contributed by atoms with E-state index in [0.29, 0.717) is 0 Å². The molecular weight excluding hydrogens is 364 g/mol. The Morgan fingerprint density at radius 2 is 1.31 bits per heavy atom. The number of para-hydroxylation sites is 1. The zero-order valence-corrected chi connectivity index (χ0v) is 16.2. The Morgan fingerprint density at radius 1 is 0.769 bits per heavy atom. The largest absolute Gasteiger partial charge is 0.317 e. The van der Waals surface area contributed by atoms with Crippen LogP contribution in [0.3, 0.4) is 0 Å². The molecule has 0 bridgehead atoms. The second-order valence-electron chi connectivity index (χ2n) is 5.93. The second kappa shape index (κ2) is 7.85. The van der Waals surface area contributed by atoms with Crippen molar-refractivity contribution in [2.24, 2.45) is 3.77 Å². The summed E-state index contributed by atoms with van der Waals surface area (Å²) in [5.74, 6) is 0. The quantitative estimate of drug-likeness (QED) is 0.682. The summed E-state index contributed by atoms with van der Waals surface area (Å²) in [5, 5.41) is 0. The van der Waals surface area contributed by atoms with Crippen molar-refractivity contribution in [1.29, 1.82) is 0 Å². The van der Waals surface area contributed by atoms with E-state index in [4.69, 9.17) is 0 Å². The summed E-state index contributed by atoms with van der Waals surface area (Å²) < 4.78 is 33.0. The molecule has 0 fully saturated rings. The van der Waals surface area contributed by atoms with E-state index in [2.05, 4.69) is 8.49 Å². The first-order valence-corrected chi connectivity index (χ1v) is 10.7. The van der Waals surface area contributed by atoms with E-state index in [0.717, 1.165) is 21.7 Å². The summed E-state index contributed by atoms with van der Waals surface area (Å²) in [4.78, 5) is 1.01. The topological polar surface area (TPSA) is 58.5 Å². The summed E-state index contributed by atoms with van der Waals surface area (Å²) in [6.07, 6.45) is 0. The first kappa shape index (κ1) is 18.4. The van der Waals surface area contributed by atoms with Crippen LogP contribution in [0, 0.1) is 13.8 Å². The molecule has 3 aromatic carbocycles. The number of aryl methyl sites for hydroxylation is 2. The summed E-state index contributed by atoms with van der Waals surface area (Å²) in [7, 11) is -4.82. The molecule has 0 aliphatic rings. The molecule has 0 radical (unpaired) electrons. The molecule has 4 nitrogen and oxygen atoms in total. The fourth-order valence-corrected chi connectivity index (χ4v) is 5.23. The van der Waals surface area contributed by atoms with E-state index >= 15 is 0 Å². The Morgan fingerprint density at radius 3 is 1.88 bits per heavy atom. The standard InChI is InChI=1S/C20H20N2O2S2/c1-16-8-12-19(13-9-16)25(21-18-6-4-3-5-7-18)22-26(23,24)20-14-10-17(2)11-15-20/h3-15H,1-2H3,(H,21,22)/t25-/m1/s1. The first-order chi connectivity index (χ1) is 12.4. The van der Waals surface area contributed by atoms with Gasteiger partial charge in [-0.25, -0.2) is 0 Å². The third kappa shape index (κ3) is 4.59. The molecule has 0 saturated heterocycles. The number of sulfonamides is 1. The predicted molar refractivity (Wildman–Crippen MR) is 108 cm³/mol. The van der Waals surface area contributed by atoms with Crippen molar-refractivity contribution in [3.05, 3.63) is 90.0 Å². The fraction of sp³-hybridized carbons (Fsp3) is 0.100. The van der Waals surface area contributed by atoms with Crippen LogP contribution < -0.4 is 4.72 Å². The average molecular weight is 385 g/mol. The van der Waals surface area contributed by atoms with Gasteiger partial charge in [0.2, 0.25) is 0 Å². The van der Waals surface area contributed by atoms with Gasteiger partial charge < -0.3 is 4.72 Å². The Hall–Kier alpha value is -2.44. The van der Waals surface area contributed by atoms with Crippen LogP contribution in [0.4, 0.5) is 5.69 Å². The normalized spacial score (nSPS) is 12.7. The van der Waals surface area contributed by atoms with E-state index in [9.17, 15) is 8.42 Å². The summed E-state index contributed by atoms with van der Waals surface area (Å²) >= 11 is 0. The minimum absolute atomic E-state index is 0.197. The molecule has 0 heterocycles. The van der Waals surface area contributed by atoms with Crippen LogP contribution in [-0.2, 0) is 20.9 Å². The van der Waals surface area contributed by atoms with Gasteiger partial charge in [0.1, 0.15) is 0 Å². The van der Waals surface area contributed by atoms with Crippen LogP contribution in [0.5, 0.6) is 0 Å². The minimum atomic E-state index is -3.78. The third-order valence-corrected chi connectivity index (χ3v) is 7.12. The molecule has 0 aromatic heterocycles. The number of nitrogens with one attached hydrogen (secondary N) is 1. The highest BCUT2D eigenvalue weighted by atomic mass is 32.3. The highest BCUT2D eigenvalue weighted by molar-refractivity contribution is 8.00. The monoisotopic (exact) mass is 384 g/mol. The van der Waals surface area contributed by atoms with Crippen molar-refractivity contribution in [3.63, 3.8) is 0 Å². The van der Waals surface area contributed by atoms with Gasteiger partial charge in [0.15, 0.2) is 0 Å². The second-order valence-corrected chi connectivity index (χ2v) is 9.19. The van der Waals surface area contributed by atoms with Gasteiger partial charge in [-0.3, -0.25) is 0 Å². The number of anilines is 1. The van der Waals surface area contributed by atoms with Gasteiger partial charge in [0, 0.05) is 21.5 Å². The van der Waals surface area contributed by atoms with E-state index in [1.54, 1.807) is 24.3 Å². The van der Waals surface area contributed by atoms with Gasteiger partial charge in [-0.05, 0) is 50.2 Å². The molecule has 3 rings (SSSR count). The Labute approximate surface area is 157 Å². The van der Waals surface area contributed by atoms with Crippen molar-refractivity contribution in [1.82, 2.24) is 0 Å². The van der Waals surface area contributed by atoms with E-state index in [-0.39, 0.29) is 4.90 Å². The molecular formula is C20H20N2O2S2. The SMILES string of the molecule is Cc1ccc([S@@](=NS(=O)(=O)c2ccc(C)cc2)Nc2ccccc2)cc1. The van der Waals surface area contributed by atoms with Crippen molar-refractivity contribution in [2.45, 2.75) is 23.6 Å². The maximum Gasteiger partial charge on any atom is 0.289 e. The van der Waals surface area contributed by atoms with Crippen LogP contribution in [0.2, 0.25) is 0 Å². The number of hydrogen-bond donors (Lipinski definition) is 1. The smallest absolute Gasteiger partial charge is 0.289 e. The predicted octanol–water partition coefficient (Wildman–Crippen LogP) is 4.88. The van der Waals surface area contributed by atoms with Crippen molar-refractivity contribution in [2.75, 3.05) is 4.72 Å². The van der Waals surface area contributed by atoms with Gasteiger partial charge in [0.25, 0.3) is 10.0 Å². The number of benzene rings is 3. The molecule has 0 spiro atoms. The lowest BCUT2D eigenvalue weighted by Gasteiger charge is -2.12. The molecule has 0 aliphatic carbocycles. The maximum absolute atomic E-state index is 12.8. The molecule has 3 aromatic rings. The Bertz CT molecular complexity index is 1010. The summed E-state index contributed by atoms with van der Waals surface area (Å²) in [6.45, 7) is 3.91.